The molecule has 3 nitrogen and oxygen atoms in total. The van der Waals surface area contributed by atoms with Crippen molar-refractivity contribution in [2.24, 2.45) is 0 Å². The van der Waals surface area contributed by atoms with Crippen molar-refractivity contribution in [2.75, 3.05) is 18.5 Å². The van der Waals surface area contributed by atoms with Crippen molar-refractivity contribution in [3.8, 4) is 5.75 Å². The zero-order chi connectivity index (χ0) is 15.8. The number of anilines is 1. The lowest BCUT2D eigenvalue weighted by Gasteiger charge is -2.09. The van der Waals surface area contributed by atoms with E-state index < -0.39 is 0 Å². The molecular formula is C19H23NO2. The molecule has 0 bridgehead atoms. The highest BCUT2D eigenvalue weighted by Crippen LogP contribution is 2.13. The van der Waals surface area contributed by atoms with Crippen LogP contribution in [0.1, 0.15) is 35.7 Å². The number of hydrogen-bond donors (Lipinski definition) is 1. The molecule has 0 heterocycles. The summed E-state index contributed by atoms with van der Waals surface area (Å²) in [6, 6.07) is 15.7. The van der Waals surface area contributed by atoms with Crippen LogP contribution in [0.2, 0.25) is 0 Å². The second kappa shape index (κ2) is 8.23. The van der Waals surface area contributed by atoms with Crippen molar-refractivity contribution >= 4 is 11.5 Å². The molecule has 0 amide bonds. The van der Waals surface area contributed by atoms with E-state index >= 15 is 0 Å². The van der Waals surface area contributed by atoms with E-state index in [9.17, 15) is 4.79 Å². The molecule has 2 rings (SSSR count). The SMILES string of the molecule is CC(=O)c1cccc(NCCCCOc2ccc(C)cc2)c1. The molecule has 0 radical (unpaired) electrons. The number of ether oxygens (including phenoxy) is 1. The molecule has 0 saturated heterocycles. The van der Waals surface area contributed by atoms with Crippen LogP contribution in [0.15, 0.2) is 48.5 Å². The minimum Gasteiger partial charge on any atom is -0.494 e. The van der Waals surface area contributed by atoms with E-state index in [0.29, 0.717) is 0 Å². The van der Waals surface area contributed by atoms with Gasteiger partial charge in [0.25, 0.3) is 0 Å². The molecule has 0 atom stereocenters. The van der Waals surface area contributed by atoms with E-state index in [1.807, 2.05) is 36.4 Å². The quantitative estimate of drug-likeness (QED) is 0.577. The first-order valence-electron chi connectivity index (χ1n) is 7.69. The summed E-state index contributed by atoms with van der Waals surface area (Å²) in [6.45, 7) is 5.24. The van der Waals surface area contributed by atoms with Crippen LogP contribution < -0.4 is 10.1 Å². The summed E-state index contributed by atoms with van der Waals surface area (Å²) in [5.74, 6) is 1.02. The van der Waals surface area contributed by atoms with Gasteiger partial charge in [0, 0.05) is 17.8 Å². The number of benzene rings is 2. The first-order chi connectivity index (χ1) is 10.6. The summed E-state index contributed by atoms with van der Waals surface area (Å²) in [6.07, 6.45) is 2.02. The van der Waals surface area contributed by atoms with Crippen molar-refractivity contribution < 1.29 is 9.53 Å². The van der Waals surface area contributed by atoms with Crippen LogP contribution in [0.5, 0.6) is 5.75 Å². The Labute approximate surface area is 132 Å². The lowest BCUT2D eigenvalue weighted by Crippen LogP contribution is -2.05. The van der Waals surface area contributed by atoms with Gasteiger partial charge >= 0.3 is 0 Å². The van der Waals surface area contributed by atoms with Crippen LogP contribution in [-0.2, 0) is 0 Å². The molecular weight excluding hydrogens is 274 g/mol. The molecule has 0 saturated carbocycles. The van der Waals surface area contributed by atoms with E-state index in [0.717, 1.165) is 43.0 Å². The Bertz CT molecular complexity index is 605. The molecule has 0 unspecified atom stereocenters. The Morgan fingerprint density at radius 3 is 2.59 bits per heavy atom. The van der Waals surface area contributed by atoms with Crippen LogP contribution in [-0.4, -0.2) is 18.9 Å². The number of hydrogen-bond acceptors (Lipinski definition) is 3. The second-order valence-electron chi connectivity index (χ2n) is 5.43. The van der Waals surface area contributed by atoms with Gasteiger partial charge in [-0.3, -0.25) is 4.79 Å². The summed E-state index contributed by atoms with van der Waals surface area (Å²) in [5.41, 5.74) is 2.98. The first kappa shape index (κ1) is 16.1. The molecule has 0 aliphatic rings. The number of ketones is 1. The van der Waals surface area contributed by atoms with Gasteiger partial charge < -0.3 is 10.1 Å². The maximum atomic E-state index is 11.3. The zero-order valence-electron chi connectivity index (χ0n) is 13.3. The van der Waals surface area contributed by atoms with Gasteiger partial charge in [-0.25, -0.2) is 0 Å². The lowest BCUT2D eigenvalue weighted by molar-refractivity contribution is 0.101. The highest BCUT2D eigenvalue weighted by molar-refractivity contribution is 5.94. The third kappa shape index (κ3) is 5.24. The minimum atomic E-state index is 0.0927. The number of aryl methyl sites for hydroxylation is 1. The van der Waals surface area contributed by atoms with Crippen molar-refractivity contribution in [3.05, 3.63) is 59.7 Å². The minimum absolute atomic E-state index is 0.0927. The molecule has 2 aromatic rings. The van der Waals surface area contributed by atoms with Crippen molar-refractivity contribution in [2.45, 2.75) is 26.7 Å². The molecule has 116 valence electrons. The average Bonchev–Trinajstić information content (AvgIpc) is 2.52. The number of rotatable bonds is 8. The average molecular weight is 297 g/mol. The van der Waals surface area contributed by atoms with Crippen LogP contribution in [0.3, 0.4) is 0 Å². The van der Waals surface area contributed by atoms with Gasteiger partial charge in [-0.2, -0.15) is 0 Å². The monoisotopic (exact) mass is 297 g/mol. The van der Waals surface area contributed by atoms with E-state index in [2.05, 4.69) is 24.4 Å². The van der Waals surface area contributed by atoms with Crippen LogP contribution in [0.25, 0.3) is 0 Å². The van der Waals surface area contributed by atoms with Crippen LogP contribution in [0, 0.1) is 6.92 Å². The van der Waals surface area contributed by atoms with Gasteiger partial charge in [0.1, 0.15) is 5.75 Å². The van der Waals surface area contributed by atoms with E-state index in [4.69, 9.17) is 4.74 Å². The van der Waals surface area contributed by atoms with E-state index in [1.165, 1.54) is 5.56 Å². The standard InChI is InChI=1S/C19H23NO2/c1-15-8-10-19(11-9-15)22-13-4-3-12-20-18-7-5-6-17(14-18)16(2)21/h5-11,14,20H,3-4,12-13H2,1-2H3. The van der Waals surface area contributed by atoms with Gasteiger partial charge in [-0.15, -0.1) is 0 Å². The maximum Gasteiger partial charge on any atom is 0.159 e. The third-order valence-corrected chi connectivity index (χ3v) is 3.46. The Kier molecular flexibility index (Phi) is 6.01. The van der Waals surface area contributed by atoms with Crippen molar-refractivity contribution in [3.63, 3.8) is 0 Å². The van der Waals surface area contributed by atoms with Gasteiger partial charge in [-0.1, -0.05) is 29.8 Å². The zero-order valence-corrected chi connectivity index (χ0v) is 13.3. The predicted molar refractivity (Wildman–Crippen MR) is 90.8 cm³/mol. The normalized spacial score (nSPS) is 10.3. The number of carbonyl (C=O) groups is 1. The lowest BCUT2D eigenvalue weighted by atomic mass is 10.1. The molecule has 1 N–H and O–H groups in total. The highest BCUT2D eigenvalue weighted by Gasteiger charge is 2.00. The molecule has 3 heteroatoms. The van der Waals surface area contributed by atoms with Crippen molar-refractivity contribution in [1.29, 1.82) is 0 Å². The topological polar surface area (TPSA) is 38.3 Å². The summed E-state index contributed by atoms with van der Waals surface area (Å²) in [5, 5.41) is 3.34. The molecule has 0 aliphatic carbocycles. The Hall–Kier alpha value is -2.29. The Morgan fingerprint density at radius 2 is 1.86 bits per heavy atom. The number of nitrogens with one attached hydrogen (secondary N) is 1. The molecule has 0 aromatic heterocycles. The van der Waals surface area contributed by atoms with Gasteiger partial charge in [0.15, 0.2) is 5.78 Å². The molecule has 0 aliphatic heterocycles. The van der Waals surface area contributed by atoms with Crippen LogP contribution >= 0.6 is 0 Å². The fraction of sp³-hybridized carbons (Fsp3) is 0.316. The molecule has 2 aromatic carbocycles. The molecule has 0 fully saturated rings. The highest BCUT2D eigenvalue weighted by atomic mass is 16.5. The largest absolute Gasteiger partial charge is 0.494 e. The molecule has 0 spiro atoms. The van der Waals surface area contributed by atoms with Crippen LogP contribution in [0.4, 0.5) is 5.69 Å². The number of Topliss-reactive ketones (excluding diaryl/α,β-unsaturated/α-hetero) is 1. The summed E-state index contributed by atoms with van der Waals surface area (Å²) in [4.78, 5) is 11.3. The van der Waals surface area contributed by atoms with Crippen molar-refractivity contribution in [1.82, 2.24) is 0 Å². The van der Waals surface area contributed by atoms with Gasteiger partial charge in [-0.05, 0) is 51.0 Å². The Morgan fingerprint density at radius 1 is 1.09 bits per heavy atom. The number of unbranched alkanes of at least 4 members (excludes halogenated alkanes) is 1. The molecule has 22 heavy (non-hydrogen) atoms. The fourth-order valence-corrected chi connectivity index (χ4v) is 2.13. The summed E-state index contributed by atoms with van der Waals surface area (Å²) in [7, 11) is 0. The van der Waals surface area contributed by atoms with Gasteiger partial charge in [0.2, 0.25) is 0 Å². The third-order valence-electron chi connectivity index (χ3n) is 3.46. The smallest absolute Gasteiger partial charge is 0.159 e. The summed E-state index contributed by atoms with van der Waals surface area (Å²) >= 11 is 0. The maximum absolute atomic E-state index is 11.3. The van der Waals surface area contributed by atoms with E-state index in [-0.39, 0.29) is 5.78 Å². The number of carbonyl (C=O) groups excluding carboxylic acids is 1. The first-order valence-corrected chi connectivity index (χ1v) is 7.69. The second-order valence-corrected chi connectivity index (χ2v) is 5.43. The summed E-state index contributed by atoms with van der Waals surface area (Å²) < 4.78 is 5.69. The van der Waals surface area contributed by atoms with E-state index in [1.54, 1.807) is 6.92 Å². The fourth-order valence-electron chi connectivity index (χ4n) is 2.13. The van der Waals surface area contributed by atoms with Gasteiger partial charge in [0.05, 0.1) is 6.61 Å². The Balaban J connectivity index is 1.64. The predicted octanol–water partition coefficient (Wildman–Crippen LogP) is 4.47.